The average Bonchev–Trinajstić information content (AvgIpc) is 2.74. The molecule has 5 aliphatic carbocycles. The molecule has 2 spiro atoms. The van der Waals surface area contributed by atoms with E-state index in [0.29, 0.717) is 18.9 Å². The van der Waals surface area contributed by atoms with Crippen LogP contribution in [0, 0.1) is 22.2 Å². The Balaban J connectivity index is 1.86. The van der Waals surface area contributed by atoms with Crippen molar-refractivity contribution in [1.29, 1.82) is 0 Å². The molecule has 2 atom stereocenters. The van der Waals surface area contributed by atoms with Crippen molar-refractivity contribution in [2.45, 2.75) is 39.0 Å². The van der Waals surface area contributed by atoms with Gasteiger partial charge in [0.15, 0.2) is 5.78 Å². The van der Waals surface area contributed by atoms with Crippen molar-refractivity contribution in [1.82, 2.24) is 0 Å². The van der Waals surface area contributed by atoms with Crippen molar-refractivity contribution < 1.29 is 14.3 Å². The van der Waals surface area contributed by atoms with E-state index in [4.69, 9.17) is 4.74 Å². The van der Waals surface area contributed by atoms with Crippen LogP contribution in [0.15, 0.2) is 12.2 Å². The van der Waals surface area contributed by atoms with Gasteiger partial charge in [-0.05, 0) is 38.5 Å². The van der Waals surface area contributed by atoms with Crippen LogP contribution in [0.1, 0.15) is 39.0 Å². The molecule has 5 aliphatic rings. The molecule has 0 amide bonds. The quantitative estimate of drug-likeness (QED) is 0.426. The molecule has 18 heavy (non-hydrogen) atoms. The van der Waals surface area contributed by atoms with E-state index in [1.165, 1.54) is 0 Å². The lowest BCUT2D eigenvalue weighted by Crippen LogP contribution is -2.43. The zero-order valence-corrected chi connectivity index (χ0v) is 10.7. The van der Waals surface area contributed by atoms with Gasteiger partial charge in [-0.1, -0.05) is 12.2 Å². The summed E-state index contributed by atoms with van der Waals surface area (Å²) in [6, 6.07) is 0. The van der Waals surface area contributed by atoms with E-state index in [1.54, 1.807) is 0 Å². The molecule has 4 bridgehead atoms. The third kappa shape index (κ3) is 0.749. The van der Waals surface area contributed by atoms with Crippen molar-refractivity contribution in [2.75, 3.05) is 6.61 Å². The summed E-state index contributed by atoms with van der Waals surface area (Å²) in [4.78, 5) is 25.0. The standard InChI is InChI=1S/C15H18O3/c1-2-18-12(17)15-11(16)7-10-8-13(15)5-3-4-6-14(13,15)9-10/h3-4,10H,2,5-9H2,1H3. The zero-order chi connectivity index (χ0) is 12.6. The van der Waals surface area contributed by atoms with Gasteiger partial charge in [0.2, 0.25) is 0 Å². The smallest absolute Gasteiger partial charge is 0.320 e. The van der Waals surface area contributed by atoms with Crippen LogP contribution in [0.25, 0.3) is 0 Å². The van der Waals surface area contributed by atoms with Crippen molar-refractivity contribution >= 4 is 11.8 Å². The van der Waals surface area contributed by atoms with Gasteiger partial charge in [0.1, 0.15) is 5.41 Å². The second kappa shape index (κ2) is 2.89. The highest BCUT2D eigenvalue weighted by Gasteiger charge is 2.96. The number of ketones is 1. The van der Waals surface area contributed by atoms with Crippen LogP contribution in [-0.4, -0.2) is 18.4 Å². The number of Topliss-reactive ketones (excluding diaryl/α,β-unsaturated/α-hetero) is 1. The molecule has 0 aromatic heterocycles. The van der Waals surface area contributed by atoms with E-state index >= 15 is 0 Å². The number of ether oxygens (including phenoxy) is 1. The Bertz CT molecular complexity index is 468. The number of rotatable bonds is 2. The van der Waals surface area contributed by atoms with E-state index in [9.17, 15) is 9.59 Å². The summed E-state index contributed by atoms with van der Waals surface area (Å²) in [5, 5.41) is 0. The molecular formula is C15H18O3. The second-order valence-electron chi connectivity index (χ2n) is 6.42. The van der Waals surface area contributed by atoms with E-state index in [2.05, 4.69) is 12.2 Å². The maximum atomic E-state index is 12.5. The summed E-state index contributed by atoms with van der Waals surface area (Å²) in [5.41, 5.74) is -0.906. The Morgan fingerprint density at radius 2 is 1.94 bits per heavy atom. The van der Waals surface area contributed by atoms with Crippen molar-refractivity contribution in [3.8, 4) is 0 Å². The molecule has 0 aromatic rings. The van der Waals surface area contributed by atoms with Crippen LogP contribution in [0.5, 0.6) is 0 Å². The van der Waals surface area contributed by atoms with Crippen molar-refractivity contribution in [2.24, 2.45) is 22.2 Å². The first-order chi connectivity index (χ1) is 8.64. The molecule has 4 saturated carbocycles. The van der Waals surface area contributed by atoms with Crippen LogP contribution in [0.3, 0.4) is 0 Å². The van der Waals surface area contributed by atoms with Crippen LogP contribution in [-0.2, 0) is 14.3 Å². The minimum Gasteiger partial charge on any atom is -0.465 e. The second-order valence-corrected chi connectivity index (χ2v) is 6.42. The summed E-state index contributed by atoms with van der Waals surface area (Å²) < 4.78 is 5.29. The number of allylic oxidation sites excluding steroid dienone is 2. The lowest BCUT2D eigenvalue weighted by Gasteiger charge is -2.33. The maximum absolute atomic E-state index is 12.5. The van der Waals surface area contributed by atoms with Gasteiger partial charge in [-0.2, -0.15) is 0 Å². The summed E-state index contributed by atoms with van der Waals surface area (Å²) in [7, 11) is 0. The number of carbonyl (C=O) groups is 2. The van der Waals surface area contributed by atoms with Gasteiger partial charge in [-0.25, -0.2) is 0 Å². The van der Waals surface area contributed by atoms with Crippen LogP contribution in [0.2, 0.25) is 0 Å². The summed E-state index contributed by atoms with van der Waals surface area (Å²) in [5.74, 6) is 0.470. The molecule has 0 saturated heterocycles. The van der Waals surface area contributed by atoms with E-state index in [0.717, 1.165) is 25.7 Å². The largest absolute Gasteiger partial charge is 0.465 e. The highest BCUT2D eigenvalue weighted by molar-refractivity contribution is 6.12. The molecule has 4 fully saturated rings. The Labute approximate surface area is 107 Å². The third-order valence-corrected chi connectivity index (χ3v) is 6.14. The van der Waals surface area contributed by atoms with Crippen molar-refractivity contribution in [3.05, 3.63) is 12.2 Å². The van der Waals surface area contributed by atoms with Gasteiger partial charge >= 0.3 is 5.97 Å². The third-order valence-electron chi connectivity index (χ3n) is 6.14. The topological polar surface area (TPSA) is 43.4 Å². The summed E-state index contributed by atoms with van der Waals surface area (Å²) in [6.45, 7) is 2.19. The Hall–Kier alpha value is -1.12. The molecule has 0 aromatic carbocycles. The first-order valence-corrected chi connectivity index (χ1v) is 7.00. The fourth-order valence-corrected chi connectivity index (χ4v) is 5.87. The monoisotopic (exact) mass is 246 g/mol. The van der Waals surface area contributed by atoms with E-state index in [1.807, 2.05) is 6.92 Å². The van der Waals surface area contributed by atoms with E-state index < -0.39 is 5.41 Å². The fraction of sp³-hybridized carbons (Fsp3) is 0.733. The van der Waals surface area contributed by atoms with Gasteiger partial charge in [0, 0.05) is 17.3 Å². The predicted molar refractivity (Wildman–Crippen MR) is 64.7 cm³/mol. The van der Waals surface area contributed by atoms with Crippen LogP contribution in [0.4, 0.5) is 0 Å². The molecule has 0 heterocycles. The lowest BCUT2D eigenvalue weighted by atomic mass is 9.69. The van der Waals surface area contributed by atoms with Gasteiger partial charge in [-0.15, -0.1) is 0 Å². The molecule has 2 unspecified atom stereocenters. The number of fused-ring (bicyclic) bond motifs is 1. The number of carbonyl (C=O) groups excluding carboxylic acids is 2. The van der Waals surface area contributed by atoms with Crippen molar-refractivity contribution in [3.63, 3.8) is 0 Å². The summed E-state index contributed by atoms with van der Waals surface area (Å²) in [6.07, 6.45) is 8.84. The van der Waals surface area contributed by atoms with E-state index in [-0.39, 0.29) is 22.6 Å². The zero-order valence-electron chi connectivity index (χ0n) is 10.7. The molecule has 5 rings (SSSR count). The number of esters is 1. The van der Waals surface area contributed by atoms with Gasteiger partial charge in [0.25, 0.3) is 0 Å². The number of hydrogen-bond donors (Lipinski definition) is 0. The molecule has 3 heteroatoms. The first-order valence-electron chi connectivity index (χ1n) is 7.00. The fourth-order valence-electron chi connectivity index (χ4n) is 5.87. The first kappa shape index (κ1) is 10.8. The number of hydrogen-bond acceptors (Lipinski definition) is 3. The molecular weight excluding hydrogens is 228 g/mol. The molecule has 96 valence electrons. The minimum atomic E-state index is -0.770. The highest BCUT2D eigenvalue weighted by Crippen LogP contribution is 2.93. The van der Waals surface area contributed by atoms with Gasteiger partial charge in [-0.3, -0.25) is 9.59 Å². The Kier molecular flexibility index (Phi) is 1.73. The average molecular weight is 246 g/mol. The molecule has 3 nitrogen and oxygen atoms in total. The maximum Gasteiger partial charge on any atom is 0.320 e. The van der Waals surface area contributed by atoms with Gasteiger partial charge < -0.3 is 4.74 Å². The SMILES string of the molecule is CCOC(=O)C12C(=O)CC3CC14CC=CCC42C3. The molecule has 0 N–H and O–H groups in total. The minimum absolute atomic E-state index is 0.0684. The lowest BCUT2D eigenvalue weighted by molar-refractivity contribution is -0.160. The molecule has 0 aliphatic heterocycles. The Morgan fingerprint density at radius 3 is 2.50 bits per heavy atom. The van der Waals surface area contributed by atoms with Crippen LogP contribution < -0.4 is 0 Å². The molecule has 0 radical (unpaired) electrons. The summed E-state index contributed by atoms with van der Waals surface area (Å²) >= 11 is 0. The van der Waals surface area contributed by atoms with Crippen LogP contribution >= 0.6 is 0 Å². The normalized spacial score (nSPS) is 50.9. The predicted octanol–water partition coefficient (Wildman–Crippen LogP) is 2.26. The van der Waals surface area contributed by atoms with Gasteiger partial charge in [0.05, 0.1) is 6.61 Å². The highest BCUT2D eigenvalue weighted by atomic mass is 16.5. The Morgan fingerprint density at radius 1 is 1.33 bits per heavy atom.